The van der Waals surface area contributed by atoms with Crippen LogP contribution in [0.3, 0.4) is 0 Å². The van der Waals surface area contributed by atoms with Crippen LogP contribution in [0, 0.1) is 5.41 Å². The smallest absolute Gasteiger partial charge is 0.338 e. The fourth-order valence-electron chi connectivity index (χ4n) is 5.46. The number of rotatable bonds is 7. The molecule has 1 saturated carbocycles. The predicted octanol–water partition coefficient (Wildman–Crippen LogP) is -0.382. The standard InChI is InChI=1S/C26H34O13/c1-12(4-5-26(35)24(2)8-14(27)9-25(26,3)37-11-24)38-23-21(33)20(32)19(31)17(39-23)10-36-22(34)13-6-15(28)18(30)16(29)7-13/h4-7,12,17,19-21,23,28-33,35H,8-11H2,1-3H3/b5-4+/t12-,17-,19-,20+,21-,23-,24+,25+,26+/m1/s1. The Bertz CT molecular complexity index is 1110. The van der Waals surface area contributed by atoms with Gasteiger partial charge >= 0.3 is 5.97 Å². The van der Waals surface area contributed by atoms with Gasteiger partial charge in [0.1, 0.15) is 48.0 Å². The summed E-state index contributed by atoms with van der Waals surface area (Å²) in [5.41, 5.74) is -3.73. The molecule has 2 bridgehead atoms. The number of phenolic OH excluding ortho intramolecular Hbond substituents is 3. The van der Waals surface area contributed by atoms with Crippen LogP contribution < -0.4 is 0 Å². The van der Waals surface area contributed by atoms with E-state index in [1.165, 1.54) is 12.2 Å². The topological polar surface area (TPSA) is 213 Å². The molecular weight excluding hydrogens is 520 g/mol. The summed E-state index contributed by atoms with van der Waals surface area (Å²) in [5, 5.41) is 71.2. The second-order valence-electron chi connectivity index (χ2n) is 10.9. The van der Waals surface area contributed by atoms with E-state index in [0.717, 1.165) is 12.1 Å². The van der Waals surface area contributed by atoms with Crippen LogP contribution in [0.15, 0.2) is 24.3 Å². The third-order valence-corrected chi connectivity index (χ3v) is 7.87. The summed E-state index contributed by atoms with van der Waals surface area (Å²) in [7, 11) is 0. The summed E-state index contributed by atoms with van der Waals surface area (Å²) in [5.74, 6) is -3.36. The number of aromatic hydroxyl groups is 3. The fourth-order valence-corrected chi connectivity index (χ4v) is 5.46. The summed E-state index contributed by atoms with van der Waals surface area (Å²) in [4.78, 5) is 24.5. The molecule has 9 atom stereocenters. The van der Waals surface area contributed by atoms with Crippen molar-refractivity contribution in [2.24, 2.45) is 5.41 Å². The maximum atomic E-state index is 12.3. The van der Waals surface area contributed by atoms with E-state index < -0.39 is 83.3 Å². The van der Waals surface area contributed by atoms with Gasteiger partial charge in [-0.25, -0.2) is 4.79 Å². The minimum absolute atomic E-state index is 0.00287. The van der Waals surface area contributed by atoms with Crippen LogP contribution in [0.1, 0.15) is 44.0 Å². The predicted molar refractivity (Wildman–Crippen MR) is 130 cm³/mol. The van der Waals surface area contributed by atoms with Crippen molar-refractivity contribution < 1.29 is 64.3 Å². The van der Waals surface area contributed by atoms with Gasteiger partial charge in [-0.3, -0.25) is 4.79 Å². The second kappa shape index (κ2) is 10.3. The monoisotopic (exact) mass is 554 g/mol. The number of ether oxygens (including phenoxy) is 4. The first-order chi connectivity index (χ1) is 18.1. The Kier molecular flexibility index (Phi) is 7.73. The number of ketones is 1. The molecule has 1 aliphatic carbocycles. The Morgan fingerprint density at radius 1 is 1.10 bits per heavy atom. The zero-order valence-electron chi connectivity index (χ0n) is 21.7. The number of aliphatic hydroxyl groups is 4. The average molecular weight is 555 g/mol. The molecule has 2 heterocycles. The number of benzene rings is 1. The molecule has 2 aliphatic heterocycles. The number of aliphatic hydroxyl groups excluding tert-OH is 3. The third kappa shape index (κ3) is 5.11. The fraction of sp³-hybridized carbons (Fsp3) is 0.615. The van der Waals surface area contributed by atoms with Crippen molar-refractivity contribution in [1.82, 2.24) is 0 Å². The number of carbonyl (C=O) groups excluding carboxylic acids is 2. The van der Waals surface area contributed by atoms with Crippen molar-refractivity contribution in [1.29, 1.82) is 0 Å². The second-order valence-corrected chi connectivity index (χ2v) is 10.9. The zero-order chi connectivity index (χ0) is 28.9. The van der Waals surface area contributed by atoms with Gasteiger partial charge in [0, 0.05) is 18.3 Å². The van der Waals surface area contributed by atoms with Crippen LogP contribution in [0.4, 0.5) is 0 Å². The molecule has 1 aromatic rings. The van der Waals surface area contributed by atoms with Crippen LogP contribution in [-0.2, 0) is 23.7 Å². The zero-order valence-corrected chi connectivity index (χ0v) is 21.7. The Morgan fingerprint density at radius 2 is 1.74 bits per heavy atom. The highest BCUT2D eigenvalue weighted by molar-refractivity contribution is 5.91. The lowest BCUT2D eigenvalue weighted by Crippen LogP contribution is -2.60. The van der Waals surface area contributed by atoms with E-state index in [0.29, 0.717) is 0 Å². The molecule has 1 aromatic carbocycles. The highest BCUT2D eigenvalue weighted by atomic mass is 16.7. The number of phenols is 3. The number of esters is 1. The molecule has 39 heavy (non-hydrogen) atoms. The Balaban J connectivity index is 1.41. The van der Waals surface area contributed by atoms with E-state index in [1.807, 2.05) is 0 Å². The van der Waals surface area contributed by atoms with Gasteiger partial charge in [-0.05, 0) is 26.0 Å². The first-order valence-corrected chi connectivity index (χ1v) is 12.5. The lowest BCUT2D eigenvalue weighted by atomic mass is 9.59. The molecule has 4 rings (SSSR count). The minimum atomic E-state index is -1.72. The molecule has 0 unspecified atom stereocenters. The number of Topliss-reactive ketones (excluding diaryl/α,β-unsaturated/α-hetero) is 1. The van der Waals surface area contributed by atoms with Gasteiger partial charge < -0.3 is 54.7 Å². The number of hydrogen-bond acceptors (Lipinski definition) is 13. The third-order valence-electron chi connectivity index (χ3n) is 7.87. The Hall–Kier alpha value is -2.78. The number of hydrogen-bond donors (Lipinski definition) is 7. The summed E-state index contributed by atoms with van der Waals surface area (Å²) in [6.07, 6.45) is -5.39. The average Bonchev–Trinajstić information content (AvgIpc) is 2.96. The van der Waals surface area contributed by atoms with Gasteiger partial charge in [0.2, 0.25) is 0 Å². The van der Waals surface area contributed by atoms with Crippen LogP contribution >= 0.6 is 0 Å². The van der Waals surface area contributed by atoms with Gasteiger partial charge in [-0.2, -0.15) is 0 Å². The molecule has 0 amide bonds. The van der Waals surface area contributed by atoms with Gasteiger partial charge in [-0.15, -0.1) is 0 Å². The van der Waals surface area contributed by atoms with Gasteiger partial charge in [0.15, 0.2) is 23.5 Å². The summed E-state index contributed by atoms with van der Waals surface area (Å²) >= 11 is 0. The molecule has 7 N–H and O–H groups in total. The van der Waals surface area contributed by atoms with Crippen LogP contribution in [0.25, 0.3) is 0 Å². The van der Waals surface area contributed by atoms with Gasteiger partial charge in [0.05, 0.1) is 18.3 Å². The highest BCUT2D eigenvalue weighted by Gasteiger charge is 2.67. The van der Waals surface area contributed by atoms with E-state index in [9.17, 15) is 45.3 Å². The lowest BCUT2D eigenvalue weighted by Gasteiger charge is -2.47. The highest BCUT2D eigenvalue weighted by Crippen LogP contribution is 2.56. The first-order valence-electron chi connectivity index (χ1n) is 12.5. The van der Waals surface area contributed by atoms with E-state index in [2.05, 4.69) is 0 Å². The molecule has 2 saturated heterocycles. The minimum Gasteiger partial charge on any atom is -0.504 e. The summed E-state index contributed by atoms with van der Waals surface area (Å²) in [6.45, 7) is 4.63. The number of carbonyl (C=O) groups is 2. The molecule has 0 radical (unpaired) electrons. The van der Waals surface area contributed by atoms with E-state index >= 15 is 0 Å². The molecule has 0 aromatic heterocycles. The molecule has 3 fully saturated rings. The Labute approximate surface area is 223 Å². The number of fused-ring (bicyclic) bond motifs is 2. The summed E-state index contributed by atoms with van der Waals surface area (Å²) < 4.78 is 22.2. The van der Waals surface area contributed by atoms with Crippen molar-refractivity contribution in [3.05, 3.63) is 29.8 Å². The molecule has 13 heteroatoms. The molecule has 216 valence electrons. The molecule has 3 aliphatic rings. The van der Waals surface area contributed by atoms with Crippen molar-refractivity contribution in [2.45, 2.75) is 81.6 Å². The SMILES string of the molecule is C[C@H](/C=C/[C@]1(O)[C@]2(C)CO[C@@]1(C)CC(=O)C2)O[C@@H]1O[C@H](COC(=O)c2cc(O)c(O)c(O)c2)[C@@H](O)[C@H](O)[C@H]1O. The maximum Gasteiger partial charge on any atom is 0.338 e. The lowest BCUT2D eigenvalue weighted by molar-refractivity contribution is -0.306. The largest absolute Gasteiger partial charge is 0.504 e. The van der Waals surface area contributed by atoms with Crippen LogP contribution in [-0.4, -0.2) is 109 Å². The van der Waals surface area contributed by atoms with Crippen molar-refractivity contribution in [2.75, 3.05) is 13.2 Å². The van der Waals surface area contributed by atoms with Crippen molar-refractivity contribution in [3.63, 3.8) is 0 Å². The van der Waals surface area contributed by atoms with Gasteiger partial charge in [0.25, 0.3) is 0 Å². The van der Waals surface area contributed by atoms with Gasteiger partial charge in [-0.1, -0.05) is 19.1 Å². The molecule has 0 spiro atoms. The van der Waals surface area contributed by atoms with Crippen molar-refractivity contribution >= 4 is 11.8 Å². The normalized spacial score (nSPS) is 39.2. The van der Waals surface area contributed by atoms with E-state index in [1.54, 1.807) is 20.8 Å². The first kappa shape index (κ1) is 29.2. The summed E-state index contributed by atoms with van der Waals surface area (Å²) in [6, 6.07) is 1.73. The molecular formula is C26H34O13. The quantitative estimate of drug-likeness (QED) is 0.130. The van der Waals surface area contributed by atoms with Crippen LogP contribution in [0.5, 0.6) is 17.2 Å². The van der Waals surface area contributed by atoms with E-state index in [-0.39, 0.29) is 30.8 Å². The maximum absolute atomic E-state index is 12.3. The molecule has 13 nitrogen and oxygen atoms in total. The Morgan fingerprint density at radius 3 is 2.36 bits per heavy atom. The van der Waals surface area contributed by atoms with Crippen molar-refractivity contribution in [3.8, 4) is 17.2 Å². The van der Waals surface area contributed by atoms with Crippen LogP contribution in [0.2, 0.25) is 0 Å². The van der Waals surface area contributed by atoms with E-state index in [4.69, 9.17) is 18.9 Å².